The first-order valence-electron chi connectivity index (χ1n) is 13.8. The van der Waals surface area contributed by atoms with E-state index in [2.05, 4.69) is 39.3 Å². The van der Waals surface area contributed by atoms with Crippen molar-refractivity contribution in [2.75, 3.05) is 37.6 Å². The van der Waals surface area contributed by atoms with Crippen LogP contribution in [0.25, 0.3) is 0 Å². The zero-order valence-electron chi connectivity index (χ0n) is 20.8. The van der Waals surface area contributed by atoms with Gasteiger partial charge in [0.2, 0.25) is 5.95 Å². The lowest BCUT2D eigenvalue weighted by Crippen LogP contribution is -2.51. The van der Waals surface area contributed by atoms with E-state index >= 15 is 0 Å². The smallest absolute Gasteiger partial charge is 0.225 e. The molecule has 4 heterocycles. The van der Waals surface area contributed by atoms with Gasteiger partial charge in [-0.2, -0.15) is 0 Å². The van der Waals surface area contributed by atoms with Crippen molar-refractivity contribution in [3.8, 4) is 0 Å². The second-order valence-electron chi connectivity index (χ2n) is 12.1. The van der Waals surface area contributed by atoms with Gasteiger partial charge in [-0.25, -0.2) is 14.3 Å². The molecule has 7 heteroatoms. The van der Waals surface area contributed by atoms with Crippen LogP contribution in [-0.2, 0) is 4.79 Å². The summed E-state index contributed by atoms with van der Waals surface area (Å²) < 4.78 is 2.16. The van der Waals surface area contributed by atoms with Crippen LogP contribution in [0.1, 0.15) is 89.0 Å². The van der Waals surface area contributed by atoms with Gasteiger partial charge in [-0.3, -0.25) is 4.79 Å². The third-order valence-electron chi connectivity index (χ3n) is 10.3. The van der Waals surface area contributed by atoms with Gasteiger partial charge in [-0.1, -0.05) is 19.7 Å². The minimum Gasteiger partial charge on any atom is -0.332 e. The van der Waals surface area contributed by atoms with Gasteiger partial charge in [0.05, 0.1) is 0 Å². The molecule has 3 aliphatic heterocycles. The van der Waals surface area contributed by atoms with E-state index in [1.165, 1.54) is 70.1 Å². The average molecular weight is 484 g/mol. The SMILES string of the molecule is CCC(=O)C12CCC(CN3CCC(c4cnc(N5C6CCC5CN(S)C6)nc4)CC3)(CC1)CC2. The quantitative estimate of drug-likeness (QED) is 0.603. The molecule has 6 aliphatic rings. The van der Waals surface area contributed by atoms with E-state index < -0.39 is 0 Å². The van der Waals surface area contributed by atoms with Gasteiger partial charge >= 0.3 is 0 Å². The molecule has 6 nitrogen and oxygen atoms in total. The standard InChI is InChI=1S/C27H41N5OS/c1-2-24(33)27-10-7-26(8-11-27,9-12-27)19-30-13-5-20(6-14-30)21-15-28-25(29-16-21)32-22-3-4-23(32)18-31(34)17-22/h15-16,20,22-23,34H,2-14,17-19H2,1H3. The summed E-state index contributed by atoms with van der Waals surface area (Å²) in [6, 6.07) is 1.02. The number of piperidine rings is 1. The van der Waals surface area contributed by atoms with Gasteiger partial charge in [0.25, 0.3) is 0 Å². The monoisotopic (exact) mass is 483 g/mol. The Hall–Kier alpha value is -1.18. The third kappa shape index (κ3) is 4.09. The van der Waals surface area contributed by atoms with Gasteiger partial charge in [-0.15, -0.1) is 0 Å². The molecule has 2 unspecified atom stereocenters. The van der Waals surface area contributed by atoms with Crippen LogP contribution in [0.15, 0.2) is 12.4 Å². The van der Waals surface area contributed by atoms with Crippen LogP contribution in [0.4, 0.5) is 5.95 Å². The Labute approximate surface area is 210 Å². The molecule has 3 aliphatic carbocycles. The number of fused-ring (bicyclic) bond motifs is 5. The summed E-state index contributed by atoms with van der Waals surface area (Å²) in [5, 5.41) is 0. The van der Waals surface area contributed by atoms with Crippen LogP contribution in [0.5, 0.6) is 0 Å². The van der Waals surface area contributed by atoms with E-state index in [4.69, 9.17) is 9.97 Å². The Bertz CT molecular complexity index is 860. The fourth-order valence-electron chi connectivity index (χ4n) is 8.08. The third-order valence-corrected chi connectivity index (χ3v) is 10.6. The van der Waals surface area contributed by atoms with Crippen molar-refractivity contribution in [2.45, 2.75) is 95.6 Å². The molecule has 34 heavy (non-hydrogen) atoms. The van der Waals surface area contributed by atoms with E-state index in [1.807, 2.05) is 6.92 Å². The zero-order valence-corrected chi connectivity index (χ0v) is 21.7. The fraction of sp³-hybridized carbons (Fsp3) is 0.815. The average Bonchev–Trinajstić information content (AvgIpc) is 3.15. The van der Waals surface area contributed by atoms with Crippen molar-refractivity contribution in [1.82, 2.24) is 19.2 Å². The number of Topliss-reactive ketones (excluding diaryl/α,β-unsaturated/α-hetero) is 1. The first kappa shape index (κ1) is 23.2. The van der Waals surface area contributed by atoms with Crippen LogP contribution < -0.4 is 4.90 Å². The van der Waals surface area contributed by atoms with Crippen molar-refractivity contribution in [3.63, 3.8) is 0 Å². The number of aromatic nitrogens is 2. The number of hydrogen-bond donors (Lipinski definition) is 1. The van der Waals surface area contributed by atoms with Crippen LogP contribution >= 0.6 is 12.8 Å². The van der Waals surface area contributed by atoms with E-state index in [-0.39, 0.29) is 5.41 Å². The molecule has 1 aromatic rings. The number of piperazine rings is 1. The molecule has 0 aromatic carbocycles. The van der Waals surface area contributed by atoms with Crippen LogP contribution in [0.2, 0.25) is 0 Å². The molecule has 0 N–H and O–H groups in total. The largest absolute Gasteiger partial charge is 0.332 e. The summed E-state index contributed by atoms with van der Waals surface area (Å²) in [6.45, 7) is 7.65. The molecule has 3 saturated heterocycles. The lowest BCUT2D eigenvalue weighted by molar-refractivity contribution is -0.138. The van der Waals surface area contributed by atoms with Gasteiger partial charge in [0.1, 0.15) is 5.78 Å². The maximum Gasteiger partial charge on any atom is 0.225 e. The Kier molecular flexibility index (Phi) is 6.18. The molecule has 1 aromatic heterocycles. The molecule has 0 radical (unpaired) electrons. The van der Waals surface area contributed by atoms with Crippen molar-refractivity contribution in [2.24, 2.45) is 10.8 Å². The highest BCUT2D eigenvalue weighted by Crippen LogP contribution is 2.58. The molecule has 6 fully saturated rings. The molecule has 7 rings (SSSR count). The summed E-state index contributed by atoms with van der Waals surface area (Å²) in [4.78, 5) is 27.4. The van der Waals surface area contributed by atoms with E-state index in [9.17, 15) is 4.79 Å². The van der Waals surface area contributed by atoms with Crippen molar-refractivity contribution in [1.29, 1.82) is 0 Å². The summed E-state index contributed by atoms with van der Waals surface area (Å²) in [5.74, 6) is 2.04. The number of rotatable bonds is 6. The first-order chi connectivity index (χ1) is 16.5. The Morgan fingerprint density at radius 1 is 0.971 bits per heavy atom. The van der Waals surface area contributed by atoms with Gasteiger partial charge in [0, 0.05) is 55.9 Å². The second-order valence-corrected chi connectivity index (χ2v) is 12.7. The Balaban J connectivity index is 1.02. The highest BCUT2D eigenvalue weighted by atomic mass is 32.1. The van der Waals surface area contributed by atoms with Crippen LogP contribution in [0, 0.1) is 10.8 Å². The minimum atomic E-state index is 0.0511. The van der Waals surface area contributed by atoms with E-state index in [0.29, 0.717) is 29.2 Å². The van der Waals surface area contributed by atoms with Crippen LogP contribution in [0.3, 0.4) is 0 Å². The number of thiol groups is 1. The number of carbonyl (C=O) groups is 1. The summed E-state index contributed by atoms with van der Waals surface area (Å²) in [5.41, 5.74) is 1.85. The zero-order chi connectivity index (χ0) is 23.3. The van der Waals surface area contributed by atoms with Gasteiger partial charge in [-0.05, 0) is 94.2 Å². The molecule has 4 bridgehead atoms. The molecular formula is C27H41N5OS. The number of nitrogens with zero attached hydrogens (tertiary/aromatic N) is 5. The van der Waals surface area contributed by atoms with E-state index in [0.717, 1.165) is 44.7 Å². The molecule has 2 atom stereocenters. The predicted molar refractivity (Wildman–Crippen MR) is 138 cm³/mol. The maximum atomic E-state index is 12.5. The number of carbonyl (C=O) groups excluding carboxylic acids is 1. The number of ketones is 1. The molecule has 186 valence electrons. The highest BCUT2D eigenvalue weighted by molar-refractivity contribution is 7.77. The topological polar surface area (TPSA) is 52.6 Å². The molecule has 0 spiro atoms. The number of anilines is 1. The molecular weight excluding hydrogens is 442 g/mol. The van der Waals surface area contributed by atoms with Crippen molar-refractivity contribution in [3.05, 3.63) is 18.0 Å². The lowest BCUT2D eigenvalue weighted by Gasteiger charge is -2.54. The number of hydrogen-bond acceptors (Lipinski definition) is 7. The first-order valence-corrected chi connectivity index (χ1v) is 14.2. The van der Waals surface area contributed by atoms with Crippen molar-refractivity contribution >= 4 is 24.5 Å². The van der Waals surface area contributed by atoms with Gasteiger partial charge in [0.15, 0.2) is 0 Å². The summed E-state index contributed by atoms with van der Waals surface area (Å²) >= 11 is 4.59. The predicted octanol–water partition coefficient (Wildman–Crippen LogP) is 4.47. The maximum absolute atomic E-state index is 12.5. The van der Waals surface area contributed by atoms with Crippen LogP contribution in [-0.4, -0.2) is 69.8 Å². The van der Waals surface area contributed by atoms with Gasteiger partial charge < -0.3 is 9.80 Å². The second kappa shape index (κ2) is 9.04. The molecule has 3 saturated carbocycles. The minimum absolute atomic E-state index is 0.0511. The lowest BCUT2D eigenvalue weighted by atomic mass is 9.52. The Morgan fingerprint density at radius 3 is 2.12 bits per heavy atom. The van der Waals surface area contributed by atoms with Crippen molar-refractivity contribution < 1.29 is 4.79 Å². The Morgan fingerprint density at radius 2 is 1.56 bits per heavy atom. The van der Waals surface area contributed by atoms with E-state index in [1.54, 1.807) is 0 Å². The fourth-order valence-corrected chi connectivity index (χ4v) is 8.45. The summed E-state index contributed by atoms with van der Waals surface area (Å²) in [7, 11) is 0. The summed E-state index contributed by atoms with van der Waals surface area (Å²) in [6.07, 6.45) is 17.0. The highest BCUT2D eigenvalue weighted by Gasteiger charge is 2.51. The normalized spacial score (nSPS) is 36.8. The molecule has 0 amide bonds. The number of likely N-dealkylation sites (tertiary alicyclic amines) is 1.